The van der Waals surface area contributed by atoms with Crippen LogP contribution < -0.4 is 4.74 Å². The lowest BCUT2D eigenvalue weighted by molar-refractivity contribution is -0.595. The molecule has 4 atom stereocenters. The SMILES string of the molecule is CCCOC(OCC)(OCC)OC(OC)(Oc1ccccc1)C(F)(OCC)C(Br)(OC(C)=O)C(O)(Cl)OCI. The number of carbonyl (C=O) groups excluding carboxylic acids is 1. The van der Waals surface area contributed by atoms with Crippen molar-refractivity contribution in [3.05, 3.63) is 30.3 Å². The van der Waals surface area contributed by atoms with Crippen LogP contribution in [0, 0.1) is 0 Å². The fourth-order valence-electron chi connectivity index (χ4n) is 3.24. The van der Waals surface area contributed by atoms with Crippen LogP contribution in [0.15, 0.2) is 30.3 Å². The van der Waals surface area contributed by atoms with Crippen molar-refractivity contribution in [1.82, 2.24) is 0 Å². The van der Waals surface area contributed by atoms with Crippen molar-refractivity contribution in [2.45, 2.75) is 68.8 Å². The number of ether oxygens (including phenoxy) is 9. The van der Waals surface area contributed by atoms with E-state index in [1.807, 2.05) is 6.92 Å². The molecule has 0 spiro atoms. The molecule has 1 aromatic carbocycles. The Hall–Kier alpha value is -0.400. The predicted molar refractivity (Wildman–Crippen MR) is 150 cm³/mol. The Labute approximate surface area is 255 Å². The molecule has 0 fully saturated rings. The molecule has 4 unspecified atom stereocenters. The zero-order chi connectivity index (χ0) is 29.8. The van der Waals surface area contributed by atoms with Gasteiger partial charge in [-0.25, -0.2) is 4.74 Å². The minimum absolute atomic E-state index is 0.0101. The number of esters is 1. The van der Waals surface area contributed by atoms with Gasteiger partial charge < -0.3 is 43.0 Å². The molecular weight excluding hydrogens is 726 g/mol. The van der Waals surface area contributed by atoms with Gasteiger partial charge in [0.05, 0.1) is 19.8 Å². The summed E-state index contributed by atoms with van der Waals surface area (Å²) in [4.78, 5) is 12.3. The highest BCUT2D eigenvalue weighted by atomic mass is 127. The van der Waals surface area contributed by atoms with Gasteiger partial charge in [-0.2, -0.15) is 4.39 Å². The zero-order valence-corrected chi connectivity index (χ0v) is 27.2. The second kappa shape index (κ2) is 16.3. The van der Waals surface area contributed by atoms with Gasteiger partial charge >= 0.3 is 33.7 Å². The maximum Gasteiger partial charge on any atom is 0.417 e. The van der Waals surface area contributed by atoms with E-state index in [1.165, 1.54) is 19.1 Å². The molecule has 0 aliphatic carbocycles. The van der Waals surface area contributed by atoms with Gasteiger partial charge in [0.15, 0.2) is 0 Å². The van der Waals surface area contributed by atoms with Crippen LogP contribution >= 0.6 is 50.1 Å². The molecule has 39 heavy (non-hydrogen) atoms. The van der Waals surface area contributed by atoms with Crippen molar-refractivity contribution < 1.29 is 56.9 Å². The molecule has 0 heterocycles. The number of aliphatic hydroxyl groups is 1. The minimum Gasteiger partial charge on any atom is -0.434 e. The molecule has 1 aromatic rings. The van der Waals surface area contributed by atoms with E-state index in [0.717, 1.165) is 14.0 Å². The lowest BCUT2D eigenvalue weighted by Gasteiger charge is -2.52. The number of para-hydroxylation sites is 1. The molecule has 11 nitrogen and oxygen atoms in total. The molecule has 1 rings (SSSR count). The van der Waals surface area contributed by atoms with Crippen LogP contribution in [-0.4, -0.2) is 77.0 Å². The van der Waals surface area contributed by atoms with Gasteiger partial charge in [-0.3, -0.25) is 4.79 Å². The van der Waals surface area contributed by atoms with Crippen molar-refractivity contribution >= 4 is 56.1 Å². The first-order valence-electron chi connectivity index (χ1n) is 12.1. The summed E-state index contributed by atoms with van der Waals surface area (Å²) in [6.07, 6.45) is -1.96. The van der Waals surface area contributed by atoms with E-state index < -0.39 is 40.3 Å². The Morgan fingerprint density at radius 2 is 1.59 bits per heavy atom. The number of halogens is 4. The van der Waals surface area contributed by atoms with Crippen LogP contribution in [0.2, 0.25) is 0 Å². The molecule has 0 saturated heterocycles. The van der Waals surface area contributed by atoms with E-state index in [1.54, 1.807) is 54.6 Å². The third-order valence-electron chi connectivity index (χ3n) is 4.73. The summed E-state index contributed by atoms with van der Waals surface area (Å²) in [7, 11) is 1.01. The normalized spacial score (nSPS) is 18.3. The number of benzene rings is 1. The van der Waals surface area contributed by atoms with Gasteiger partial charge in [-0.15, -0.1) is 0 Å². The third-order valence-corrected chi connectivity index (χ3v) is 6.85. The molecule has 226 valence electrons. The molecule has 0 aliphatic heterocycles. The number of carbonyl (C=O) groups is 1. The molecule has 0 aliphatic rings. The largest absolute Gasteiger partial charge is 0.434 e. The average molecular weight is 762 g/mol. The Morgan fingerprint density at radius 1 is 1.03 bits per heavy atom. The number of methoxy groups -OCH3 is 1. The molecule has 0 aromatic heterocycles. The van der Waals surface area contributed by atoms with Gasteiger partial charge in [-0.1, -0.05) is 59.3 Å². The number of hydrogen-bond acceptors (Lipinski definition) is 11. The molecular formula is C24H36BrClFIO11. The van der Waals surface area contributed by atoms with Crippen molar-refractivity contribution in [1.29, 1.82) is 0 Å². The Balaban J connectivity index is 4.13. The van der Waals surface area contributed by atoms with E-state index in [-0.39, 0.29) is 30.2 Å². The van der Waals surface area contributed by atoms with E-state index >= 15 is 4.39 Å². The summed E-state index contributed by atoms with van der Waals surface area (Å²) in [6, 6.07) is 7.77. The summed E-state index contributed by atoms with van der Waals surface area (Å²) in [5.74, 6) is -7.97. The van der Waals surface area contributed by atoms with Gasteiger partial charge in [-0.05, 0) is 55.3 Å². The summed E-state index contributed by atoms with van der Waals surface area (Å²) >= 11 is 10.9. The first-order valence-corrected chi connectivity index (χ1v) is 14.7. The van der Waals surface area contributed by atoms with Crippen LogP contribution in [0.5, 0.6) is 5.75 Å². The molecule has 0 amide bonds. The van der Waals surface area contributed by atoms with Gasteiger partial charge in [0, 0.05) is 20.6 Å². The van der Waals surface area contributed by atoms with Crippen LogP contribution in [0.25, 0.3) is 0 Å². The summed E-state index contributed by atoms with van der Waals surface area (Å²) in [5.41, 5.74) is 0. The molecule has 0 bridgehead atoms. The number of hydrogen-bond donors (Lipinski definition) is 1. The van der Waals surface area contributed by atoms with E-state index in [4.69, 9.17) is 54.2 Å². The lowest BCUT2D eigenvalue weighted by Crippen LogP contribution is -2.76. The predicted octanol–water partition coefficient (Wildman–Crippen LogP) is 5.14. The zero-order valence-electron chi connectivity index (χ0n) is 22.7. The highest BCUT2D eigenvalue weighted by molar-refractivity contribution is 14.1. The first-order chi connectivity index (χ1) is 18.3. The van der Waals surface area contributed by atoms with Gasteiger partial charge in [0.2, 0.25) is 0 Å². The fourth-order valence-corrected chi connectivity index (χ4v) is 4.79. The van der Waals surface area contributed by atoms with Crippen LogP contribution in [0.1, 0.15) is 41.0 Å². The van der Waals surface area contributed by atoms with Gasteiger partial charge in [0.25, 0.3) is 0 Å². The number of rotatable bonds is 20. The Morgan fingerprint density at radius 3 is 2.03 bits per heavy atom. The summed E-state index contributed by atoms with van der Waals surface area (Å²) in [5, 5.41) is 8.01. The van der Waals surface area contributed by atoms with Gasteiger partial charge in [0.1, 0.15) is 10.4 Å². The second-order valence-electron chi connectivity index (χ2n) is 7.52. The third kappa shape index (κ3) is 8.56. The van der Waals surface area contributed by atoms with Crippen LogP contribution in [0.4, 0.5) is 4.39 Å². The Bertz CT molecular complexity index is 868. The Kier molecular flexibility index (Phi) is 15.3. The monoisotopic (exact) mass is 760 g/mol. The lowest BCUT2D eigenvalue weighted by atomic mass is 10.1. The summed E-state index contributed by atoms with van der Waals surface area (Å²) in [6.45, 7) is 6.94. The van der Waals surface area contributed by atoms with Crippen molar-refractivity contribution in [3.8, 4) is 5.75 Å². The quantitative estimate of drug-likeness (QED) is 0.0824. The molecule has 0 saturated carbocycles. The minimum atomic E-state index is -3.71. The second-order valence-corrected chi connectivity index (χ2v) is 9.78. The van der Waals surface area contributed by atoms with Crippen LogP contribution in [0.3, 0.4) is 0 Å². The van der Waals surface area contributed by atoms with Crippen molar-refractivity contribution in [2.24, 2.45) is 0 Å². The molecule has 0 radical (unpaired) electrons. The molecule has 15 heteroatoms. The maximum absolute atomic E-state index is 17.9. The van der Waals surface area contributed by atoms with E-state index in [9.17, 15) is 9.90 Å². The fraction of sp³-hybridized carbons (Fsp3) is 0.708. The standard InChI is InChI=1S/C24H36BrClFIO11/c1-7-16-35-24(33-9-3,34-10-4)39-23(31-6,38-19-14-12-11-13-15-19)21(27,32-8-2)20(25,37-18(5)29)22(26,30)36-17-28/h11-15,30H,7-10,16-17H2,1-6H3. The maximum atomic E-state index is 17.9. The topological polar surface area (TPSA) is 120 Å². The van der Waals surface area contributed by atoms with E-state index in [0.29, 0.717) is 6.42 Å². The highest BCUT2D eigenvalue weighted by Crippen LogP contribution is 2.55. The first kappa shape index (κ1) is 36.6. The average Bonchev–Trinajstić information content (AvgIpc) is 2.87. The van der Waals surface area contributed by atoms with Crippen LogP contribution in [-0.2, 0) is 42.7 Å². The van der Waals surface area contributed by atoms with Crippen molar-refractivity contribution in [2.75, 3.05) is 38.2 Å². The number of alkyl halides is 4. The molecule has 1 N–H and O–H groups in total. The smallest absolute Gasteiger partial charge is 0.417 e. The van der Waals surface area contributed by atoms with E-state index in [2.05, 4.69) is 15.9 Å². The highest BCUT2D eigenvalue weighted by Gasteiger charge is 2.81. The summed E-state index contributed by atoms with van der Waals surface area (Å²) < 4.78 is 65.1. The van der Waals surface area contributed by atoms with Crippen molar-refractivity contribution in [3.63, 3.8) is 0 Å².